The number of rotatable bonds is 2. The van der Waals surface area contributed by atoms with Crippen LogP contribution in [0.5, 0.6) is 0 Å². The fraction of sp³-hybridized carbons (Fsp3) is 0.222. The lowest BCUT2D eigenvalue weighted by Crippen LogP contribution is -2.20. The van der Waals surface area contributed by atoms with Crippen molar-refractivity contribution in [1.82, 2.24) is 0 Å². The van der Waals surface area contributed by atoms with Crippen molar-refractivity contribution in [3.05, 3.63) is 35.9 Å². The first-order valence-electron chi connectivity index (χ1n) is 3.80. The molecule has 1 aromatic carbocycles. The van der Waals surface area contributed by atoms with E-state index >= 15 is 0 Å². The first-order valence-corrected chi connectivity index (χ1v) is 3.80. The molecule has 0 amide bonds. The number of hydrogen-bond acceptors (Lipinski definition) is 2. The maximum absolute atomic E-state index is 11.6. The summed E-state index contributed by atoms with van der Waals surface area (Å²) in [5.41, 5.74) is 0.488. The highest BCUT2D eigenvalue weighted by Gasteiger charge is 2.33. The van der Waals surface area contributed by atoms with Crippen molar-refractivity contribution >= 4 is 5.97 Å². The zero-order valence-corrected chi connectivity index (χ0v) is 7.04. The van der Waals surface area contributed by atoms with E-state index in [-0.39, 0.29) is 6.42 Å². The molecule has 0 heterocycles. The Labute approximate surface area is 78.3 Å². The predicted molar refractivity (Wildman–Crippen MR) is 42.3 cm³/mol. The van der Waals surface area contributed by atoms with Crippen LogP contribution in [0.3, 0.4) is 0 Å². The normalized spacial score (nSPS) is 11.1. The van der Waals surface area contributed by atoms with E-state index in [0.29, 0.717) is 5.56 Å². The van der Waals surface area contributed by atoms with Gasteiger partial charge in [0.05, 0.1) is 6.42 Å². The highest BCUT2D eigenvalue weighted by molar-refractivity contribution is 5.72. The maximum atomic E-state index is 11.6. The van der Waals surface area contributed by atoms with Gasteiger partial charge in [0, 0.05) is 0 Å². The van der Waals surface area contributed by atoms with Crippen LogP contribution in [-0.2, 0) is 16.0 Å². The van der Waals surface area contributed by atoms with E-state index < -0.39 is 12.3 Å². The lowest BCUT2D eigenvalue weighted by Gasteiger charge is -2.06. The van der Waals surface area contributed by atoms with Crippen molar-refractivity contribution in [3.63, 3.8) is 0 Å². The van der Waals surface area contributed by atoms with Gasteiger partial charge in [-0.3, -0.25) is 4.79 Å². The van der Waals surface area contributed by atoms with E-state index in [9.17, 15) is 18.0 Å². The van der Waals surface area contributed by atoms with Gasteiger partial charge in [0.15, 0.2) is 0 Å². The smallest absolute Gasteiger partial charge is 0.373 e. The van der Waals surface area contributed by atoms with Crippen molar-refractivity contribution in [1.29, 1.82) is 0 Å². The Hall–Kier alpha value is -1.52. The van der Waals surface area contributed by atoms with E-state index in [1.807, 2.05) is 0 Å². The summed E-state index contributed by atoms with van der Waals surface area (Å²) in [4.78, 5) is 10.7. The highest BCUT2D eigenvalue weighted by Crippen LogP contribution is 2.17. The quantitative estimate of drug-likeness (QED) is 0.691. The first kappa shape index (κ1) is 10.6. The number of hydrogen-bond donors (Lipinski definition) is 0. The van der Waals surface area contributed by atoms with E-state index in [1.54, 1.807) is 30.3 Å². The Morgan fingerprint density at radius 2 is 1.79 bits per heavy atom. The summed E-state index contributed by atoms with van der Waals surface area (Å²) >= 11 is 0. The lowest BCUT2D eigenvalue weighted by atomic mass is 10.2. The molecular weight excluding hydrogens is 197 g/mol. The van der Waals surface area contributed by atoms with Crippen LogP contribution in [0.25, 0.3) is 0 Å². The minimum atomic E-state index is -4.90. The Balaban J connectivity index is 2.50. The molecule has 0 spiro atoms. The van der Waals surface area contributed by atoms with Gasteiger partial charge in [0.2, 0.25) is 0 Å². The molecule has 1 aromatic rings. The molecular formula is C9H7F3O2. The number of alkyl halides is 3. The van der Waals surface area contributed by atoms with Gasteiger partial charge < -0.3 is 4.74 Å². The van der Waals surface area contributed by atoms with Crippen molar-refractivity contribution in [2.75, 3.05) is 0 Å². The van der Waals surface area contributed by atoms with Crippen molar-refractivity contribution in [2.24, 2.45) is 0 Å². The average molecular weight is 204 g/mol. The van der Waals surface area contributed by atoms with Crippen molar-refractivity contribution in [3.8, 4) is 0 Å². The summed E-state index contributed by atoms with van der Waals surface area (Å²) in [6.45, 7) is 0. The molecule has 2 nitrogen and oxygen atoms in total. The van der Waals surface area contributed by atoms with E-state index in [2.05, 4.69) is 4.74 Å². The number of ether oxygens (including phenoxy) is 1. The molecule has 0 bridgehead atoms. The van der Waals surface area contributed by atoms with E-state index in [0.717, 1.165) is 0 Å². The number of carbonyl (C=O) groups is 1. The van der Waals surface area contributed by atoms with Crippen LogP contribution in [0.15, 0.2) is 30.3 Å². The molecule has 0 radical (unpaired) electrons. The summed E-state index contributed by atoms with van der Waals surface area (Å²) in [6.07, 6.45) is -5.27. The fourth-order valence-electron chi connectivity index (χ4n) is 0.928. The molecule has 0 aliphatic rings. The van der Waals surface area contributed by atoms with Gasteiger partial charge in [-0.1, -0.05) is 30.3 Å². The maximum Gasteiger partial charge on any atom is 0.575 e. The summed E-state index contributed by atoms with van der Waals surface area (Å²) in [7, 11) is 0. The van der Waals surface area contributed by atoms with E-state index in [1.165, 1.54) is 0 Å². The molecule has 0 saturated heterocycles. The molecule has 76 valence electrons. The second-order valence-corrected chi connectivity index (χ2v) is 2.58. The zero-order chi connectivity index (χ0) is 10.6. The Morgan fingerprint density at radius 1 is 1.21 bits per heavy atom. The van der Waals surface area contributed by atoms with Crippen molar-refractivity contribution < 1.29 is 22.7 Å². The molecule has 0 atom stereocenters. The molecule has 0 N–H and O–H groups in total. The fourth-order valence-corrected chi connectivity index (χ4v) is 0.928. The third-order valence-corrected chi connectivity index (χ3v) is 1.42. The lowest BCUT2D eigenvalue weighted by molar-refractivity contribution is -0.305. The highest BCUT2D eigenvalue weighted by atomic mass is 19.4. The van der Waals surface area contributed by atoms with Gasteiger partial charge in [-0.15, -0.1) is 13.2 Å². The summed E-state index contributed by atoms with van der Waals surface area (Å²) < 4.78 is 37.9. The number of carbonyl (C=O) groups excluding carboxylic acids is 1. The third-order valence-electron chi connectivity index (χ3n) is 1.42. The summed E-state index contributed by atoms with van der Waals surface area (Å²) in [6, 6.07) is 8.08. The first-order chi connectivity index (χ1) is 6.47. The summed E-state index contributed by atoms with van der Waals surface area (Å²) in [5, 5.41) is 0. The molecule has 0 fully saturated rings. The molecule has 0 aromatic heterocycles. The van der Waals surface area contributed by atoms with Gasteiger partial charge in [-0.25, -0.2) is 0 Å². The Bertz CT molecular complexity index is 306. The number of esters is 1. The van der Waals surface area contributed by atoms with Crippen molar-refractivity contribution in [2.45, 2.75) is 12.8 Å². The van der Waals surface area contributed by atoms with Gasteiger partial charge in [0.25, 0.3) is 0 Å². The molecule has 0 aliphatic carbocycles. The molecule has 5 heteroatoms. The summed E-state index contributed by atoms with van der Waals surface area (Å²) in [5.74, 6) is -1.30. The topological polar surface area (TPSA) is 26.3 Å². The van der Waals surface area contributed by atoms with Crippen LogP contribution in [0.1, 0.15) is 5.56 Å². The van der Waals surface area contributed by atoms with Crippen LogP contribution >= 0.6 is 0 Å². The van der Waals surface area contributed by atoms with Crippen LogP contribution in [0, 0.1) is 0 Å². The third kappa shape index (κ3) is 3.93. The largest absolute Gasteiger partial charge is 0.575 e. The second kappa shape index (κ2) is 4.13. The SMILES string of the molecule is O=C(Cc1ccccc1)OC(F)(F)F. The van der Waals surface area contributed by atoms with Gasteiger partial charge >= 0.3 is 12.3 Å². The molecule has 0 aliphatic heterocycles. The minimum absolute atomic E-state index is 0.375. The monoisotopic (exact) mass is 204 g/mol. The van der Waals surface area contributed by atoms with Crippen LogP contribution in [0.2, 0.25) is 0 Å². The van der Waals surface area contributed by atoms with Crippen LogP contribution in [0.4, 0.5) is 13.2 Å². The van der Waals surface area contributed by atoms with Gasteiger partial charge in [-0.05, 0) is 5.56 Å². The minimum Gasteiger partial charge on any atom is -0.373 e. The van der Waals surface area contributed by atoms with Gasteiger partial charge in [-0.2, -0.15) is 0 Å². The van der Waals surface area contributed by atoms with E-state index in [4.69, 9.17) is 0 Å². The Kier molecular flexibility index (Phi) is 3.11. The number of benzene rings is 1. The molecule has 1 rings (SSSR count). The molecule has 14 heavy (non-hydrogen) atoms. The van der Waals surface area contributed by atoms with Crippen LogP contribution < -0.4 is 0 Å². The number of halogens is 3. The average Bonchev–Trinajstić information content (AvgIpc) is 2.02. The molecule has 0 saturated carbocycles. The standard InChI is InChI=1S/C9H7F3O2/c10-9(11,12)14-8(13)6-7-4-2-1-3-5-7/h1-5H,6H2. The Morgan fingerprint density at radius 3 is 2.29 bits per heavy atom. The van der Waals surface area contributed by atoms with Gasteiger partial charge in [0.1, 0.15) is 0 Å². The second-order valence-electron chi connectivity index (χ2n) is 2.58. The predicted octanol–water partition coefficient (Wildman–Crippen LogP) is 2.29. The molecule has 0 unspecified atom stereocenters. The van der Waals surface area contributed by atoms with Crippen LogP contribution in [-0.4, -0.2) is 12.3 Å². The zero-order valence-electron chi connectivity index (χ0n) is 7.04.